The molecule has 126 valence electrons. The summed E-state index contributed by atoms with van der Waals surface area (Å²) in [5.41, 5.74) is 0. The van der Waals surface area contributed by atoms with Gasteiger partial charge in [-0.15, -0.1) is 0 Å². The van der Waals surface area contributed by atoms with Gasteiger partial charge < -0.3 is 14.6 Å². The number of ether oxygens (including phenoxy) is 2. The summed E-state index contributed by atoms with van der Waals surface area (Å²) in [6.45, 7) is 9.42. The second-order valence-corrected chi connectivity index (χ2v) is 4.30. The predicted molar refractivity (Wildman–Crippen MR) is 83.3 cm³/mol. The molecule has 0 amide bonds. The first-order chi connectivity index (χ1) is 10.5. The van der Waals surface area contributed by atoms with E-state index in [9.17, 15) is 14.4 Å². The Morgan fingerprint density at radius 1 is 1.27 bits per heavy atom. The summed E-state index contributed by atoms with van der Waals surface area (Å²) >= 11 is 0. The molecule has 0 unspecified atom stereocenters. The van der Waals surface area contributed by atoms with E-state index < -0.39 is 5.97 Å². The minimum atomic E-state index is -0.981. The molecule has 0 radical (unpaired) electrons. The molecule has 1 fully saturated rings. The SMILES string of the molecule is C=CC(=O)O.C=CC(=O)OCCCC.O=C1CCCCCO1. The Kier molecular flexibility index (Phi) is 17.1. The maximum atomic E-state index is 10.5. The Bertz CT molecular complexity index is 339. The second-order valence-electron chi connectivity index (χ2n) is 4.30. The van der Waals surface area contributed by atoms with Gasteiger partial charge in [0, 0.05) is 18.6 Å². The molecule has 6 heteroatoms. The first-order valence-corrected chi connectivity index (χ1v) is 7.28. The molecular formula is C16H26O6. The lowest BCUT2D eigenvalue weighted by atomic mass is 10.2. The number of hydrogen-bond acceptors (Lipinski definition) is 5. The van der Waals surface area contributed by atoms with Crippen molar-refractivity contribution in [3.8, 4) is 0 Å². The first kappa shape index (κ1) is 22.2. The van der Waals surface area contributed by atoms with E-state index in [0.717, 1.165) is 38.2 Å². The summed E-state index contributed by atoms with van der Waals surface area (Å²) in [5, 5.41) is 7.60. The molecule has 6 nitrogen and oxygen atoms in total. The smallest absolute Gasteiger partial charge is 0.330 e. The number of rotatable bonds is 5. The van der Waals surface area contributed by atoms with Crippen LogP contribution < -0.4 is 0 Å². The summed E-state index contributed by atoms with van der Waals surface area (Å²) in [5.74, 6) is -1.34. The summed E-state index contributed by atoms with van der Waals surface area (Å²) in [4.78, 5) is 30.1. The van der Waals surface area contributed by atoms with Crippen LogP contribution in [0, 0.1) is 0 Å². The van der Waals surface area contributed by atoms with Crippen LogP contribution >= 0.6 is 0 Å². The van der Waals surface area contributed by atoms with E-state index in [1.807, 2.05) is 6.92 Å². The molecule has 0 aromatic heterocycles. The van der Waals surface area contributed by atoms with Crippen molar-refractivity contribution in [3.05, 3.63) is 25.3 Å². The number of carboxylic acid groups (broad SMARTS) is 1. The zero-order valence-corrected chi connectivity index (χ0v) is 13.2. The Hall–Kier alpha value is -2.11. The van der Waals surface area contributed by atoms with Crippen LogP contribution in [0.1, 0.15) is 45.4 Å². The fourth-order valence-electron chi connectivity index (χ4n) is 1.18. The zero-order valence-electron chi connectivity index (χ0n) is 13.2. The van der Waals surface area contributed by atoms with Crippen LogP contribution in [0.15, 0.2) is 25.3 Å². The zero-order chi connectivity index (χ0) is 17.2. The van der Waals surface area contributed by atoms with Gasteiger partial charge in [-0.2, -0.15) is 0 Å². The molecule has 1 saturated heterocycles. The molecule has 0 bridgehead atoms. The van der Waals surface area contributed by atoms with Gasteiger partial charge in [0.1, 0.15) is 0 Å². The van der Waals surface area contributed by atoms with Gasteiger partial charge in [-0.1, -0.05) is 26.5 Å². The molecular weight excluding hydrogens is 288 g/mol. The molecule has 1 aliphatic heterocycles. The van der Waals surface area contributed by atoms with Gasteiger partial charge in [0.2, 0.25) is 0 Å². The fourth-order valence-corrected chi connectivity index (χ4v) is 1.18. The van der Waals surface area contributed by atoms with Gasteiger partial charge >= 0.3 is 17.9 Å². The Balaban J connectivity index is 0. The summed E-state index contributed by atoms with van der Waals surface area (Å²) in [7, 11) is 0. The first-order valence-electron chi connectivity index (χ1n) is 7.28. The van der Waals surface area contributed by atoms with Crippen molar-refractivity contribution >= 4 is 17.9 Å². The number of carbonyl (C=O) groups is 3. The van der Waals surface area contributed by atoms with E-state index in [0.29, 0.717) is 19.6 Å². The summed E-state index contributed by atoms with van der Waals surface area (Å²) in [6.07, 6.45) is 7.82. The molecule has 0 aromatic carbocycles. The minimum absolute atomic E-state index is 0.0255. The quantitative estimate of drug-likeness (QED) is 0.477. The third-order valence-electron chi connectivity index (χ3n) is 2.37. The van der Waals surface area contributed by atoms with E-state index >= 15 is 0 Å². The number of esters is 2. The number of carbonyl (C=O) groups excluding carboxylic acids is 2. The van der Waals surface area contributed by atoms with Crippen LogP contribution in [0.25, 0.3) is 0 Å². The normalized spacial score (nSPS) is 12.9. The highest BCUT2D eigenvalue weighted by Crippen LogP contribution is 2.06. The van der Waals surface area contributed by atoms with Crippen LogP contribution in [0.4, 0.5) is 0 Å². The fraction of sp³-hybridized carbons (Fsp3) is 0.562. The Morgan fingerprint density at radius 2 is 1.91 bits per heavy atom. The van der Waals surface area contributed by atoms with Crippen molar-refractivity contribution < 1.29 is 29.0 Å². The van der Waals surface area contributed by atoms with Crippen LogP contribution in [-0.2, 0) is 23.9 Å². The van der Waals surface area contributed by atoms with Gasteiger partial charge in [-0.3, -0.25) is 4.79 Å². The maximum Gasteiger partial charge on any atom is 0.330 e. The maximum absolute atomic E-state index is 10.5. The summed E-state index contributed by atoms with van der Waals surface area (Å²) < 4.78 is 9.44. The van der Waals surface area contributed by atoms with Crippen molar-refractivity contribution in [1.82, 2.24) is 0 Å². The third kappa shape index (κ3) is 20.2. The highest BCUT2D eigenvalue weighted by atomic mass is 16.5. The molecule has 22 heavy (non-hydrogen) atoms. The number of unbranched alkanes of at least 4 members (excludes halogenated alkanes) is 1. The molecule has 1 N–H and O–H groups in total. The molecule has 0 aromatic rings. The Morgan fingerprint density at radius 3 is 2.41 bits per heavy atom. The average Bonchev–Trinajstić information content (AvgIpc) is 2.76. The van der Waals surface area contributed by atoms with Gasteiger partial charge in [0.05, 0.1) is 13.2 Å². The molecule has 1 rings (SSSR count). The standard InChI is InChI=1S/C7H12O2.C6H10O2.C3H4O2/c1-3-5-6-9-7(8)4-2;7-6-4-2-1-3-5-8-6;1-2-3(4)5/h4H,2-3,5-6H2,1H3;1-5H2;2H,1H2,(H,4,5). The van der Waals surface area contributed by atoms with E-state index in [1.165, 1.54) is 6.08 Å². The predicted octanol–water partition coefficient (Wildman–Crippen LogP) is 2.88. The van der Waals surface area contributed by atoms with Crippen LogP contribution in [0.2, 0.25) is 0 Å². The largest absolute Gasteiger partial charge is 0.478 e. The van der Waals surface area contributed by atoms with Crippen molar-refractivity contribution in [2.24, 2.45) is 0 Å². The highest BCUT2D eigenvalue weighted by molar-refractivity contribution is 5.81. The van der Waals surface area contributed by atoms with E-state index in [4.69, 9.17) is 9.84 Å². The van der Waals surface area contributed by atoms with Crippen LogP contribution in [0.3, 0.4) is 0 Å². The van der Waals surface area contributed by atoms with Crippen molar-refractivity contribution in [1.29, 1.82) is 0 Å². The van der Waals surface area contributed by atoms with E-state index in [-0.39, 0.29) is 11.9 Å². The van der Waals surface area contributed by atoms with Gasteiger partial charge in [-0.25, -0.2) is 9.59 Å². The third-order valence-corrected chi connectivity index (χ3v) is 2.37. The molecule has 0 spiro atoms. The lowest BCUT2D eigenvalue weighted by Crippen LogP contribution is -2.00. The monoisotopic (exact) mass is 314 g/mol. The highest BCUT2D eigenvalue weighted by Gasteiger charge is 2.05. The molecule has 1 aliphatic rings. The number of carboxylic acids is 1. The lowest BCUT2D eigenvalue weighted by Gasteiger charge is -1.97. The van der Waals surface area contributed by atoms with Gasteiger partial charge in [0.15, 0.2) is 0 Å². The van der Waals surface area contributed by atoms with Gasteiger partial charge in [-0.05, 0) is 25.7 Å². The number of hydrogen-bond donors (Lipinski definition) is 1. The topological polar surface area (TPSA) is 89.9 Å². The van der Waals surface area contributed by atoms with E-state index in [2.05, 4.69) is 17.9 Å². The van der Waals surface area contributed by atoms with Crippen molar-refractivity contribution in [3.63, 3.8) is 0 Å². The lowest BCUT2D eigenvalue weighted by molar-refractivity contribution is -0.142. The average molecular weight is 314 g/mol. The van der Waals surface area contributed by atoms with E-state index in [1.54, 1.807) is 0 Å². The minimum Gasteiger partial charge on any atom is -0.478 e. The Labute approximate surface area is 131 Å². The number of cyclic esters (lactones) is 1. The number of aliphatic carboxylic acids is 1. The van der Waals surface area contributed by atoms with Crippen molar-refractivity contribution in [2.75, 3.05) is 13.2 Å². The molecule has 1 heterocycles. The van der Waals surface area contributed by atoms with Crippen LogP contribution in [0.5, 0.6) is 0 Å². The molecule has 0 aliphatic carbocycles. The van der Waals surface area contributed by atoms with Crippen molar-refractivity contribution in [2.45, 2.75) is 45.4 Å². The second kappa shape index (κ2) is 16.9. The molecule has 0 saturated carbocycles. The summed E-state index contributed by atoms with van der Waals surface area (Å²) in [6, 6.07) is 0. The van der Waals surface area contributed by atoms with Gasteiger partial charge in [0.25, 0.3) is 0 Å². The van der Waals surface area contributed by atoms with Crippen LogP contribution in [-0.4, -0.2) is 36.2 Å². The molecule has 0 atom stereocenters.